The lowest BCUT2D eigenvalue weighted by atomic mass is 9.97. The van der Waals surface area contributed by atoms with Crippen molar-refractivity contribution in [2.24, 2.45) is 5.92 Å². The summed E-state index contributed by atoms with van der Waals surface area (Å²) in [5.41, 5.74) is 4.15. The van der Waals surface area contributed by atoms with Crippen LogP contribution in [-0.2, 0) is 9.53 Å². The van der Waals surface area contributed by atoms with Crippen molar-refractivity contribution in [2.75, 3.05) is 24.6 Å². The van der Waals surface area contributed by atoms with Crippen molar-refractivity contribution < 1.29 is 9.53 Å². The third-order valence-corrected chi connectivity index (χ3v) is 5.37. The molecule has 3 heterocycles. The fourth-order valence-corrected chi connectivity index (χ4v) is 3.78. The number of carbonyl (C=O) groups excluding carboxylic acids is 1. The van der Waals surface area contributed by atoms with E-state index in [0.29, 0.717) is 6.61 Å². The second-order valence-corrected chi connectivity index (χ2v) is 7.25. The van der Waals surface area contributed by atoms with Crippen molar-refractivity contribution in [3.8, 4) is 11.1 Å². The number of anilines is 1. The van der Waals surface area contributed by atoms with E-state index in [1.165, 1.54) is 0 Å². The minimum atomic E-state index is -0.0669. The van der Waals surface area contributed by atoms with Gasteiger partial charge in [-0.2, -0.15) is 0 Å². The molecule has 3 aromatic rings. The van der Waals surface area contributed by atoms with E-state index in [0.717, 1.165) is 59.5 Å². The summed E-state index contributed by atoms with van der Waals surface area (Å²) in [4.78, 5) is 23.7. The zero-order chi connectivity index (χ0) is 19.5. The molecule has 4 rings (SSSR count). The minimum absolute atomic E-state index is 0.00542. The Hall–Kier alpha value is -2.95. The molecule has 1 aliphatic rings. The van der Waals surface area contributed by atoms with Crippen LogP contribution < -0.4 is 4.90 Å². The number of piperidine rings is 1. The summed E-state index contributed by atoms with van der Waals surface area (Å²) < 4.78 is 5.17. The molecular weight excluding hydrogens is 350 g/mol. The maximum absolute atomic E-state index is 12.0. The number of aromatic nitrogens is 2. The number of aryl methyl sites for hydroxylation is 1. The Kier molecular flexibility index (Phi) is 5.24. The summed E-state index contributed by atoms with van der Waals surface area (Å²) in [5.74, 6) is 0.899. The van der Waals surface area contributed by atoms with Crippen LogP contribution in [0.25, 0.3) is 22.0 Å². The molecule has 28 heavy (non-hydrogen) atoms. The van der Waals surface area contributed by atoms with E-state index in [1.807, 2.05) is 26.1 Å². The number of esters is 1. The van der Waals surface area contributed by atoms with Crippen LogP contribution in [0.15, 0.2) is 48.7 Å². The first-order valence-corrected chi connectivity index (χ1v) is 9.90. The van der Waals surface area contributed by atoms with E-state index in [1.54, 1.807) is 0 Å². The van der Waals surface area contributed by atoms with Gasteiger partial charge in [-0.3, -0.25) is 9.78 Å². The van der Waals surface area contributed by atoms with Gasteiger partial charge in [0.05, 0.1) is 18.0 Å². The smallest absolute Gasteiger partial charge is 0.309 e. The normalized spacial score (nSPS) is 15.0. The van der Waals surface area contributed by atoms with E-state index in [2.05, 4.69) is 46.3 Å². The van der Waals surface area contributed by atoms with Crippen LogP contribution in [0.3, 0.4) is 0 Å². The summed E-state index contributed by atoms with van der Waals surface area (Å²) in [5, 5.41) is 1.11. The highest BCUT2D eigenvalue weighted by molar-refractivity contribution is 5.94. The van der Waals surface area contributed by atoms with Crippen LogP contribution in [-0.4, -0.2) is 35.6 Å². The molecule has 0 atom stereocenters. The number of ether oxygens (including phenoxy) is 1. The van der Waals surface area contributed by atoms with Crippen molar-refractivity contribution in [3.63, 3.8) is 0 Å². The van der Waals surface area contributed by atoms with Gasteiger partial charge in [-0.05, 0) is 44.9 Å². The number of hydrogen-bond acceptors (Lipinski definition) is 5. The average molecular weight is 375 g/mol. The first-order valence-electron chi connectivity index (χ1n) is 9.90. The van der Waals surface area contributed by atoms with Crippen LogP contribution in [0.5, 0.6) is 0 Å². The molecule has 0 unspecified atom stereocenters. The standard InChI is InChI=1S/C23H25N3O2/c1-3-28-23(27)18-11-13-26(14-12-18)21-10-9-17-5-4-6-20(22(17)25-21)19-8-7-16(2)24-15-19/h4-10,15,18H,3,11-14H2,1-2H3. The number of fused-ring (bicyclic) bond motifs is 1. The molecular formula is C23H25N3O2. The number of pyridine rings is 2. The molecule has 0 bridgehead atoms. The molecule has 144 valence electrons. The van der Waals surface area contributed by atoms with E-state index in [9.17, 15) is 4.79 Å². The highest BCUT2D eigenvalue weighted by Crippen LogP contribution is 2.30. The summed E-state index contributed by atoms with van der Waals surface area (Å²) in [6.07, 6.45) is 3.52. The molecule has 1 saturated heterocycles. The molecule has 0 N–H and O–H groups in total. The van der Waals surface area contributed by atoms with E-state index >= 15 is 0 Å². The molecule has 1 aliphatic heterocycles. The lowest BCUT2D eigenvalue weighted by Gasteiger charge is -2.31. The van der Waals surface area contributed by atoms with Gasteiger partial charge in [0, 0.05) is 41.5 Å². The highest BCUT2D eigenvalue weighted by Gasteiger charge is 2.26. The van der Waals surface area contributed by atoms with Crippen molar-refractivity contribution in [3.05, 3.63) is 54.4 Å². The number of carbonyl (C=O) groups is 1. The predicted molar refractivity (Wildman–Crippen MR) is 111 cm³/mol. The first kappa shape index (κ1) is 18.4. The molecule has 0 aliphatic carbocycles. The number of nitrogens with zero attached hydrogens (tertiary/aromatic N) is 3. The Labute approximate surface area is 165 Å². The van der Waals surface area contributed by atoms with Gasteiger partial charge in [-0.1, -0.05) is 24.3 Å². The second kappa shape index (κ2) is 7.97. The maximum Gasteiger partial charge on any atom is 0.309 e. The van der Waals surface area contributed by atoms with Crippen molar-refractivity contribution >= 4 is 22.7 Å². The van der Waals surface area contributed by atoms with Gasteiger partial charge in [0.25, 0.3) is 0 Å². The average Bonchev–Trinajstić information content (AvgIpc) is 2.74. The zero-order valence-electron chi connectivity index (χ0n) is 16.4. The van der Waals surface area contributed by atoms with E-state index < -0.39 is 0 Å². The third-order valence-electron chi connectivity index (χ3n) is 5.37. The fourth-order valence-electron chi connectivity index (χ4n) is 3.78. The van der Waals surface area contributed by atoms with Crippen molar-refractivity contribution in [1.29, 1.82) is 0 Å². The van der Waals surface area contributed by atoms with Gasteiger partial charge in [0.1, 0.15) is 5.82 Å². The molecule has 0 saturated carbocycles. The summed E-state index contributed by atoms with van der Waals surface area (Å²) >= 11 is 0. The molecule has 5 nitrogen and oxygen atoms in total. The van der Waals surface area contributed by atoms with Crippen LogP contribution in [0.1, 0.15) is 25.5 Å². The van der Waals surface area contributed by atoms with E-state index in [-0.39, 0.29) is 11.9 Å². The monoisotopic (exact) mass is 375 g/mol. The summed E-state index contributed by atoms with van der Waals surface area (Å²) in [7, 11) is 0. The van der Waals surface area contributed by atoms with Gasteiger partial charge in [-0.15, -0.1) is 0 Å². The Bertz CT molecular complexity index is 977. The van der Waals surface area contributed by atoms with Gasteiger partial charge in [0.15, 0.2) is 0 Å². The van der Waals surface area contributed by atoms with Gasteiger partial charge in [0.2, 0.25) is 0 Å². The quantitative estimate of drug-likeness (QED) is 0.633. The molecule has 1 fully saturated rings. The summed E-state index contributed by atoms with van der Waals surface area (Å²) in [6.45, 7) is 5.92. The van der Waals surface area contributed by atoms with Gasteiger partial charge in [-0.25, -0.2) is 4.98 Å². The summed E-state index contributed by atoms with van der Waals surface area (Å²) in [6, 6.07) is 14.6. The molecule has 2 aromatic heterocycles. The Morgan fingerprint density at radius 3 is 2.68 bits per heavy atom. The molecule has 0 radical (unpaired) electrons. The molecule has 5 heteroatoms. The van der Waals surface area contributed by atoms with Crippen molar-refractivity contribution in [1.82, 2.24) is 9.97 Å². The Morgan fingerprint density at radius 1 is 1.14 bits per heavy atom. The third kappa shape index (κ3) is 3.70. The van der Waals surface area contributed by atoms with Crippen LogP contribution in [0, 0.1) is 12.8 Å². The van der Waals surface area contributed by atoms with Crippen LogP contribution >= 0.6 is 0 Å². The first-order chi connectivity index (χ1) is 13.7. The second-order valence-electron chi connectivity index (χ2n) is 7.25. The molecule has 0 spiro atoms. The van der Waals surface area contributed by atoms with Crippen LogP contribution in [0.2, 0.25) is 0 Å². The van der Waals surface area contributed by atoms with Gasteiger partial charge < -0.3 is 9.64 Å². The topological polar surface area (TPSA) is 55.3 Å². The van der Waals surface area contributed by atoms with Crippen LogP contribution in [0.4, 0.5) is 5.82 Å². The number of para-hydroxylation sites is 1. The zero-order valence-corrected chi connectivity index (χ0v) is 16.4. The predicted octanol–water partition coefficient (Wildman–Crippen LogP) is 4.38. The number of benzene rings is 1. The largest absolute Gasteiger partial charge is 0.466 e. The molecule has 1 aromatic carbocycles. The van der Waals surface area contributed by atoms with Crippen molar-refractivity contribution in [2.45, 2.75) is 26.7 Å². The van der Waals surface area contributed by atoms with E-state index in [4.69, 9.17) is 9.72 Å². The lowest BCUT2D eigenvalue weighted by molar-refractivity contribution is -0.148. The SMILES string of the molecule is CCOC(=O)C1CCN(c2ccc3cccc(-c4ccc(C)nc4)c3n2)CC1. The van der Waals surface area contributed by atoms with Gasteiger partial charge >= 0.3 is 5.97 Å². The Morgan fingerprint density at radius 2 is 1.96 bits per heavy atom. The minimum Gasteiger partial charge on any atom is -0.466 e. The lowest BCUT2D eigenvalue weighted by Crippen LogP contribution is -2.37. The highest BCUT2D eigenvalue weighted by atomic mass is 16.5. The number of rotatable bonds is 4. The maximum atomic E-state index is 12.0. The fraction of sp³-hybridized carbons (Fsp3) is 0.348. The number of hydrogen-bond donors (Lipinski definition) is 0. The Balaban J connectivity index is 1.60. The molecule has 0 amide bonds.